The molecule has 1 unspecified atom stereocenters. The van der Waals surface area contributed by atoms with Gasteiger partial charge < -0.3 is 9.84 Å². The molecule has 0 aliphatic carbocycles. The Labute approximate surface area is 116 Å². The number of aryl methyl sites for hydroxylation is 1. The summed E-state index contributed by atoms with van der Waals surface area (Å²) in [5.74, 6) is 1.48. The van der Waals surface area contributed by atoms with Crippen LogP contribution in [0.4, 0.5) is 0 Å². The van der Waals surface area contributed by atoms with E-state index >= 15 is 0 Å². The van der Waals surface area contributed by atoms with Crippen molar-refractivity contribution < 1.29 is 4.52 Å². The van der Waals surface area contributed by atoms with E-state index in [1.165, 1.54) is 0 Å². The predicted molar refractivity (Wildman–Crippen MR) is 73.4 cm³/mol. The van der Waals surface area contributed by atoms with Crippen molar-refractivity contribution in [1.29, 1.82) is 0 Å². The summed E-state index contributed by atoms with van der Waals surface area (Å²) in [7, 11) is 0. The van der Waals surface area contributed by atoms with Crippen molar-refractivity contribution in [3.05, 3.63) is 27.8 Å². The molecule has 3 rings (SSSR count). The van der Waals surface area contributed by atoms with Crippen molar-refractivity contribution in [2.75, 3.05) is 13.1 Å². The molecule has 1 saturated heterocycles. The summed E-state index contributed by atoms with van der Waals surface area (Å²) < 4.78 is 5.46. The third-order valence-electron chi connectivity index (χ3n) is 3.59. The van der Waals surface area contributed by atoms with Gasteiger partial charge in [0.15, 0.2) is 5.82 Å². The Bertz CT molecular complexity index is 556. The maximum atomic E-state index is 5.46. The monoisotopic (exact) mass is 278 g/mol. The Morgan fingerprint density at radius 3 is 3.05 bits per heavy atom. The van der Waals surface area contributed by atoms with Crippen LogP contribution in [0.1, 0.15) is 42.2 Å². The molecule has 0 spiro atoms. The molecule has 19 heavy (non-hydrogen) atoms. The largest absolute Gasteiger partial charge is 0.339 e. The van der Waals surface area contributed by atoms with Crippen LogP contribution in [-0.4, -0.2) is 28.2 Å². The van der Waals surface area contributed by atoms with Crippen molar-refractivity contribution >= 4 is 11.3 Å². The molecule has 1 atom stereocenters. The molecule has 0 saturated carbocycles. The van der Waals surface area contributed by atoms with Gasteiger partial charge in [-0.2, -0.15) is 4.98 Å². The smallest absolute Gasteiger partial charge is 0.233 e. The first-order valence-corrected chi connectivity index (χ1v) is 7.48. The van der Waals surface area contributed by atoms with Crippen LogP contribution >= 0.6 is 11.3 Å². The number of rotatable bonds is 3. The van der Waals surface area contributed by atoms with Gasteiger partial charge >= 0.3 is 0 Å². The fourth-order valence-corrected chi connectivity index (χ4v) is 3.07. The van der Waals surface area contributed by atoms with Gasteiger partial charge in [0.2, 0.25) is 5.89 Å². The molecular formula is C13H18N4OS. The fourth-order valence-electron chi connectivity index (χ4n) is 2.46. The Morgan fingerprint density at radius 1 is 1.47 bits per heavy atom. The number of thiazole rings is 1. The summed E-state index contributed by atoms with van der Waals surface area (Å²) in [6.07, 6.45) is 2.90. The highest BCUT2D eigenvalue weighted by Crippen LogP contribution is 2.29. The second-order valence-electron chi connectivity index (χ2n) is 5.39. The zero-order valence-corrected chi connectivity index (χ0v) is 12.1. The van der Waals surface area contributed by atoms with Crippen LogP contribution in [0.3, 0.4) is 0 Å². The molecule has 0 aromatic carbocycles. The molecule has 1 N–H and O–H groups in total. The highest BCUT2D eigenvalue weighted by Gasteiger charge is 2.34. The van der Waals surface area contributed by atoms with Crippen LogP contribution in [0.15, 0.2) is 9.90 Å². The van der Waals surface area contributed by atoms with E-state index in [1.807, 2.05) is 6.92 Å². The molecular weight excluding hydrogens is 260 g/mol. The van der Waals surface area contributed by atoms with Gasteiger partial charge in [0, 0.05) is 11.9 Å². The van der Waals surface area contributed by atoms with Crippen molar-refractivity contribution in [2.45, 2.75) is 38.5 Å². The second kappa shape index (κ2) is 5.02. The highest BCUT2D eigenvalue weighted by atomic mass is 32.1. The quantitative estimate of drug-likeness (QED) is 0.931. The summed E-state index contributed by atoms with van der Waals surface area (Å²) in [6, 6.07) is 0. The normalized spacial score (nSPS) is 23.7. The zero-order valence-electron chi connectivity index (χ0n) is 11.3. The molecule has 5 nitrogen and oxygen atoms in total. The minimum absolute atomic E-state index is 0.0263. The Kier molecular flexibility index (Phi) is 3.36. The van der Waals surface area contributed by atoms with Crippen LogP contribution in [0, 0.1) is 6.92 Å². The number of nitrogens with zero attached hydrogens (tertiary/aromatic N) is 3. The molecule has 2 aromatic rings. The van der Waals surface area contributed by atoms with E-state index in [0.29, 0.717) is 6.42 Å². The highest BCUT2D eigenvalue weighted by molar-refractivity contribution is 7.09. The first kappa shape index (κ1) is 12.7. The van der Waals surface area contributed by atoms with E-state index in [1.54, 1.807) is 11.3 Å². The Balaban J connectivity index is 1.75. The summed E-state index contributed by atoms with van der Waals surface area (Å²) in [5.41, 5.74) is 0.989. The predicted octanol–water partition coefficient (Wildman–Crippen LogP) is 2.07. The van der Waals surface area contributed by atoms with Gasteiger partial charge in [-0.3, -0.25) is 0 Å². The third-order valence-corrected chi connectivity index (χ3v) is 4.41. The van der Waals surface area contributed by atoms with E-state index in [4.69, 9.17) is 4.52 Å². The molecule has 0 bridgehead atoms. The van der Waals surface area contributed by atoms with Crippen molar-refractivity contribution in [2.24, 2.45) is 0 Å². The number of piperidine rings is 1. The molecule has 1 aliphatic rings. The molecule has 2 aromatic heterocycles. The van der Waals surface area contributed by atoms with Gasteiger partial charge in [0.25, 0.3) is 0 Å². The van der Waals surface area contributed by atoms with E-state index < -0.39 is 0 Å². The lowest BCUT2D eigenvalue weighted by Gasteiger charge is -2.30. The van der Waals surface area contributed by atoms with Crippen LogP contribution in [0.5, 0.6) is 0 Å². The van der Waals surface area contributed by atoms with Gasteiger partial charge in [0.05, 0.1) is 22.5 Å². The van der Waals surface area contributed by atoms with E-state index in [9.17, 15) is 0 Å². The average Bonchev–Trinajstić information content (AvgIpc) is 3.01. The van der Waals surface area contributed by atoms with Gasteiger partial charge in [-0.15, -0.1) is 11.3 Å². The first-order chi connectivity index (χ1) is 9.16. The van der Waals surface area contributed by atoms with E-state index in [2.05, 4.69) is 32.7 Å². The van der Waals surface area contributed by atoms with Crippen LogP contribution in [0.25, 0.3) is 0 Å². The molecule has 0 amide bonds. The average molecular weight is 278 g/mol. The second-order valence-corrected chi connectivity index (χ2v) is 6.45. The van der Waals surface area contributed by atoms with Gasteiger partial charge in [-0.25, -0.2) is 4.98 Å². The number of hydrogen-bond acceptors (Lipinski definition) is 6. The van der Waals surface area contributed by atoms with Crippen LogP contribution in [-0.2, 0) is 11.8 Å². The van der Waals surface area contributed by atoms with Crippen molar-refractivity contribution in [1.82, 2.24) is 20.4 Å². The topological polar surface area (TPSA) is 63.8 Å². The molecule has 1 fully saturated rings. The Hall–Kier alpha value is -1.27. The summed E-state index contributed by atoms with van der Waals surface area (Å²) in [5, 5.41) is 10.6. The van der Waals surface area contributed by atoms with Gasteiger partial charge in [0.1, 0.15) is 0 Å². The molecule has 3 heterocycles. The summed E-state index contributed by atoms with van der Waals surface area (Å²) in [4.78, 5) is 8.99. The molecule has 0 radical (unpaired) electrons. The van der Waals surface area contributed by atoms with E-state index in [0.717, 1.165) is 48.3 Å². The summed E-state index contributed by atoms with van der Waals surface area (Å²) >= 11 is 1.65. The number of nitrogens with one attached hydrogen (secondary N) is 1. The number of hydrogen-bond donors (Lipinski definition) is 1. The molecule has 6 heteroatoms. The zero-order chi connectivity index (χ0) is 13.3. The van der Waals surface area contributed by atoms with Crippen molar-refractivity contribution in [3.63, 3.8) is 0 Å². The first-order valence-electron chi connectivity index (χ1n) is 6.60. The lowest BCUT2D eigenvalue weighted by Crippen LogP contribution is -2.41. The fraction of sp³-hybridized carbons (Fsp3) is 0.615. The SMILES string of the molecule is Cc1nc(Cc2noc(C3(C)CCCNC3)n2)cs1. The lowest BCUT2D eigenvalue weighted by atomic mass is 9.83. The molecule has 102 valence electrons. The van der Waals surface area contributed by atoms with Crippen molar-refractivity contribution in [3.8, 4) is 0 Å². The Morgan fingerprint density at radius 2 is 2.37 bits per heavy atom. The van der Waals surface area contributed by atoms with Gasteiger partial charge in [-0.1, -0.05) is 5.16 Å². The maximum Gasteiger partial charge on any atom is 0.233 e. The minimum Gasteiger partial charge on any atom is -0.339 e. The van der Waals surface area contributed by atoms with Gasteiger partial charge in [-0.05, 0) is 33.2 Å². The maximum absolute atomic E-state index is 5.46. The van der Waals surface area contributed by atoms with Crippen LogP contribution < -0.4 is 5.32 Å². The van der Waals surface area contributed by atoms with Crippen LogP contribution in [0.2, 0.25) is 0 Å². The number of aromatic nitrogens is 3. The lowest BCUT2D eigenvalue weighted by molar-refractivity contribution is 0.245. The standard InChI is InChI=1S/C13H18N4OS/c1-9-15-10(7-19-9)6-11-16-12(18-17-11)13(2)4-3-5-14-8-13/h7,14H,3-6,8H2,1-2H3. The minimum atomic E-state index is -0.0263. The molecule has 1 aliphatic heterocycles. The third kappa shape index (κ3) is 2.69. The summed E-state index contributed by atoms with van der Waals surface area (Å²) in [6.45, 7) is 6.17. The van der Waals surface area contributed by atoms with E-state index in [-0.39, 0.29) is 5.41 Å².